The Morgan fingerprint density at radius 2 is 0.944 bits per heavy atom. The number of hydrogen-bond acceptors (Lipinski definition) is 2. The number of rotatable bonds is 8. The van der Waals surface area contributed by atoms with Gasteiger partial charge in [0.15, 0.2) is 5.58 Å². The van der Waals surface area contributed by atoms with E-state index in [0.29, 0.717) is 0 Å². The Bertz CT molecular complexity index is 4150. The second-order valence-electron chi connectivity index (χ2n) is 19.9. The van der Waals surface area contributed by atoms with Crippen LogP contribution in [0.15, 0.2) is 235 Å². The predicted molar refractivity (Wildman–Crippen MR) is 306 cm³/mol. The molecule has 72 heavy (non-hydrogen) atoms. The first kappa shape index (κ1) is 41.9. The van der Waals surface area contributed by atoms with E-state index >= 15 is 0 Å². The minimum atomic E-state index is -0.159. The number of benzene rings is 11. The van der Waals surface area contributed by atoms with E-state index in [1.54, 1.807) is 6.08 Å². The maximum absolute atomic E-state index is 6.82. The lowest BCUT2D eigenvalue weighted by Crippen LogP contribution is -2.16. The molecule has 11 aromatic carbocycles. The van der Waals surface area contributed by atoms with E-state index in [9.17, 15) is 0 Å². The number of aryl methyl sites for hydroxylation is 1. The van der Waals surface area contributed by atoms with E-state index in [1.807, 2.05) is 12.2 Å². The molecule has 340 valence electrons. The lowest BCUT2D eigenvalue weighted by molar-refractivity contribution is 0.601. The van der Waals surface area contributed by atoms with Crippen molar-refractivity contribution in [1.82, 2.24) is 0 Å². The summed E-state index contributed by atoms with van der Waals surface area (Å²) >= 11 is 0. The molecule has 0 aliphatic heterocycles. The van der Waals surface area contributed by atoms with E-state index in [-0.39, 0.29) is 5.41 Å². The van der Waals surface area contributed by atoms with Crippen LogP contribution in [0.5, 0.6) is 0 Å². The van der Waals surface area contributed by atoms with Crippen molar-refractivity contribution in [3.63, 3.8) is 0 Å². The molecule has 0 saturated carbocycles. The highest BCUT2D eigenvalue weighted by atomic mass is 16.3. The Labute approximate surface area is 420 Å². The van der Waals surface area contributed by atoms with Gasteiger partial charge in [0.25, 0.3) is 0 Å². The summed E-state index contributed by atoms with van der Waals surface area (Å²) < 4.78 is 6.82. The highest BCUT2D eigenvalue weighted by molar-refractivity contribution is 6.25. The van der Waals surface area contributed by atoms with Crippen LogP contribution in [0.3, 0.4) is 0 Å². The number of allylic oxidation sites excluding steroid dienone is 2. The highest BCUT2D eigenvalue weighted by Gasteiger charge is 2.38. The first-order chi connectivity index (χ1) is 35.4. The number of anilines is 3. The van der Waals surface area contributed by atoms with Crippen molar-refractivity contribution >= 4 is 66.4 Å². The maximum atomic E-state index is 6.82. The standard InChI is InChI=1S/C70H49NO/c1-5-6-34-64-43(2)48-25-16-33-63(69(48)72-64)71(62-32-17-31-61-68(62)57-24-11-12-30-60(57)70(61,3)4)47-37-35-46(36-38-47)51-39-42-59-65-54(51)28-15-29-58(65)66-55(52-26-13-20-44-18-7-9-22-49(44)52)40-41-56(67(59)66)53-27-14-21-45-19-8-10-23-50(45)53/h5-42H,1H2,2-4H3/b34-6-. The third kappa shape index (κ3) is 6.09. The fourth-order valence-electron chi connectivity index (χ4n) is 12.5. The van der Waals surface area contributed by atoms with Gasteiger partial charge in [0.1, 0.15) is 5.76 Å². The van der Waals surface area contributed by atoms with E-state index < -0.39 is 0 Å². The molecule has 0 bridgehead atoms. The molecule has 14 rings (SSSR count). The Hall–Kier alpha value is -8.98. The van der Waals surface area contributed by atoms with Crippen molar-refractivity contribution in [3.05, 3.63) is 254 Å². The fraction of sp³-hybridized carbons (Fsp3) is 0.0571. The van der Waals surface area contributed by atoms with Crippen molar-refractivity contribution in [2.24, 2.45) is 0 Å². The second-order valence-corrected chi connectivity index (χ2v) is 19.9. The molecular formula is C70H49NO. The summed E-state index contributed by atoms with van der Waals surface area (Å²) in [7, 11) is 0. The third-order valence-electron chi connectivity index (χ3n) is 15.8. The van der Waals surface area contributed by atoms with Crippen LogP contribution in [0.2, 0.25) is 0 Å². The van der Waals surface area contributed by atoms with Crippen molar-refractivity contribution in [1.29, 1.82) is 0 Å². The molecule has 0 fully saturated rings. The minimum Gasteiger partial charge on any atom is -0.454 e. The van der Waals surface area contributed by atoms with Crippen LogP contribution in [0.1, 0.15) is 36.3 Å². The molecule has 0 unspecified atom stereocenters. The fourth-order valence-corrected chi connectivity index (χ4v) is 12.5. The molecule has 0 radical (unpaired) electrons. The quantitative estimate of drug-likeness (QED) is 0.141. The minimum absolute atomic E-state index is 0.159. The SMILES string of the molecule is C=C/C=C\c1oc2c(N(c3ccc(-c4ccc5c6c(cccc46)-c4c(-c6cccc7ccccc67)ccc(-c6cccc7ccccc67)c4-5)cc3)c3cccc4c3-c3ccccc3C4(C)C)cccc2c1C. The summed E-state index contributed by atoms with van der Waals surface area (Å²) in [6.07, 6.45) is 5.74. The Kier molecular flexibility index (Phi) is 9.34. The molecule has 2 nitrogen and oxygen atoms in total. The Morgan fingerprint density at radius 1 is 0.431 bits per heavy atom. The van der Waals surface area contributed by atoms with Gasteiger partial charge in [-0.25, -0.2) is 0 Å². The Morgan fingerprint density at radius 3 is 1.67 bits per heavy atom. The first-order valence-corrected chi connectivity index (χ1v) is 25.0. The molecule has 0 amide bonds. The van der Waals surface area contributed by atoms with Crippen molar-refractivity contribution in [2.45, 2.75) is 26.2 Å². The molecule has 1 heterocycles. The summed E-state index contributed by atoms with van der Waals surface area (Å²) in [5.41, 5.74) is 22.7. The van der Waals surface area contributed by atoms with Crippen LogP contribution >= 0.6 is 0 Å². The maximum Gasteiger partial charge on any atom is 0.159 e. The average Bonchev–Trinajstić information content (AvgIpc) is 4.03. The molecule has 2 aliphatic carbocycles. The molecule has 0 spiro atoms. The van der Waals surface area contributed by atoms with Gasteiger partial charge in [-0.15, -0.1) is 0 Å². The summed E-state index contributed by atoms with van der Waals surface area (Å²) in [6.45, 7) is 10.8. The smallest absolute Gasteiger partial charge is 0.159 e. The zero-order valence-corrected chi connectivity index (χ0v) is 40.5. The topological polar surface area (TPSA) is 16.4 Å². The largest absolute Gasteiger partial charge is 0.454 e. The molecule has 0 atom stereocenters. The summed E-state index contributed by atoms with van der Waals surface area (Å²) in [5.74, 6) is 0.833. The van der Waals surface area contributed by atoms with Crippen molar-refractivity contribution in [3.8, 4) is 66.8 Å². The molecular weight excluding hydrogens is 871 g/mol. The molecule has 0 N–H and O–H groups in total. The van der Waals surface area contributed by atoms with Gasteiger partial charge in [-0.1, -0.05) is 221 Å². The predicted octanol–water partition coefficient (Wildman–Crippen LogP) is 19.8. The number of hydrogen-bond donors (Lipinski definition) is 0. The summed E-state index contributed by atoms with van der Waals surface area (Å²) in [6, 6.07) is 78.9. The van der Waals surface area contributed by atoms with Crippen LogP contribution in [0, 0.1) is 6.92 Å². The molecule has 1 aromatic heterocycles. The van der Waals surface area contributed by atoms with Gasteiger partial charge in [-0.3, -0.25) is 0 Å². The van der Waals surface area contributed by atoms with E-state index in [0.717, 1.165) is 44.9 Å². The number of nitrogens with zero attached hydrogens (tertiary/aromatic N) is 1. The zero-order chi connectivity index (χ0) is 48.2. The molecule has 12 aromatic rings. The van der Waals surface area contributed by atoms with E-state index in [4.69, 9.17) is 4.42 Å². The van der Waals surface area contributed by atoms with Crippen LogP contribution in [-0.2, 0) is 5.41 Å². The van der Waals surface area contributed by atoms with E-state index in [2.05, 4.69) is 245 Å². The number of furan rings is 1. The number of para-hydroxylation sites is 1. The van der Waals surface area contributed by atoms with Gasteiger partial charge in [0, 0.05) is 27.6 Å². The molecule has 0 saturated heterocycles. The van der Waals surface area contributed by atoms with Gasteiger partial charge < -0.3 is 9.32 Å². The summed E-state index contributed by atoms with van der Waals surface area (Å²) in [5, 5.41) is 8.64. The summed E-state index contributed by atoms with van der Waals surface area (Å²) in [4.78, 5) is 2.42. The van der Waals surface area contributed by atoms with E-state index in [1.165, 1.54) is 105 Å². The molecule has 2 heteroatoms. The number of fused-ring (bicyclic) bond motifs is 9. The van der Waals surface area contributed by atoms with Crippen LogP contribution in [0.4, 0.5) is 17.1 Å². The van der Waals surface area contributed by atoms with Crippen molar-refractivity contribution < 1.29 is 4.42 Å². The molecule has 2 aliphatic rings. The lowest BCUT2D eigenvalue weighted by atomic mass is 9.82. The van der Waals surface area contributed by atoms with Crippen LogP contribution in [0.25, 0.3) is 116 Å². The van der Waals surface area contributed by atoms with Crippen LogP contribution < -0.4 is 4.90 Å². The van der Waals surface area contributed by atoms with Gasteiger partial charge in [0.2, 0.25) is 0 Å². The zero-order valence-electron chi connectivity index (χ0n) is 40.5. The van der Waals surface area contributed by atoms with Gasteiger partial charge in [-0.05, 0) is 142 Å². The van der Waals surface area contributed by atoms with Gasteiger partial charge in [0.05, 0.1) is 11.4 Å². The second kappa shape index (κ2) is 16.0. The highest BCUT2D eigenvalue weighted by Crippen LogP contribution is 2.58. The average molecular weight is 920 g/mol. The van der Waals surface area contributed by atoms with Gasteiger partial charge in [-0.2, -0.15) is 0 Å². The first-order valence-electron chi connectivity index (χ1n) is 25.0. The monoisotopic (exact) mass is 919 g/mol. The van der Waals surface area contributed by atoms with Crippen LogP contribution in [-0.4, -0.2) is 0 Å². The lowest BCUT2D eigenvalue weighted by Gasteiger charge is -2.29. The Balaban J connectivity index is 0.963. The van der Waals surface area contributed by atoms with Crippen molar-refractivity contribution in [2.75, 3.05) is 4.90 Å². The van der Waals surface area contributed by atoms with Gasteiger partial charge >= 0.3 is 0 Å². The normalized spacial score (nSPS) is 13.0. The third-order valence-corrected chi connectivity index (χ3v) is 15.8.